The van der Waals surface area contributed by atoms with Gasteiger partial charge in [-0.15, -0.1) is 0 Å². The number of nitrogens with one attached hydrogen (secondary N) is 1. The van der Waals surface area contributed by atoms with Gasteiger partial charge < -0.3 is 10.0 Å². The van der Waals surface area contributed by atoms with Gasteiger partial charge in [0.05, 0.1) is 11.5 Å². The molecule has 118 valence electrons. The van der Waals surface area contributed by atoms with E-state index >= 15 is 0 Å². The van der Waals surface area contributed by atoms with Gasteiger partial charge in [0.1, 0.15) is 0 Å². The number of aliphatic hydroxyl groups is 1. The van der Waals surface area contributed by atoms with Gasteiger partial charge in [0.25, 0.3) is 0 Å². The van der Waals surface area contributed by atoms with Gasteiger partial charge in [-0.3, -0.25) is 0 Å². The summed E-state index contributed by atoms with van der Waals surface area (Å²) in [6.45, 7) is 2.31. The van der Waals surface area contributed by atoms with E-state index in [0.717, 1.165) is 25.9 Å². The number of nitrogens with zero attached hydrogens (tertiary/aromatic N) is 1. The molecule has 2 rings (SSSR count). The first-order chi connectivity index (χ1) is 9.92. The number of sulfonamides is 1. The summed E-state index contributed by atoms with van der Waals surface area (Å²) in [5, 5.41) is 9.14. The molecule has 1 saturated heterocycles. The number of hydrogen-bond donors (Lipinski definition) is 2. The van der Waals surface area contributed by atoms with Crippen molar-refractivity contribution in [1.82, 2.24) is 9.62 Å². The first-order valence-electron chi connectivity index (χ1n) is 7.00. The van der Waals surface area contributed by atoms with Crippen LogP contribution in [0.1, 0.15) is 18.4 Å². The van der Waals surface area contributed by atoms with E-state index in [1.165, 1.54) is 6.07 Å². The van der Waals surface area contributed by atoms with Crippen LogP contribution in [0.5, 0.6) is 0 Å². The van der Waals surface area contributed by atoms with Gasteiger partial charge in [-0.25, -0.2) is 13.1 Å². The molecule has 0 spiro atoms. The van der Waals surface area contributed by atoms with Gasteiger partial charge >= 0.3 is 0 Å². The standard InChI is InChI=1S/C14H21BrN2O3S/c1-17-6-4-11(5-7-17)9-16-21(19,20)14-8-12(10-18)2-3-13(14)15/h2-3,8,11,16,18H,4-7,9-10H2,1H3. The highest BCUT2D eigenvalue weighted by atomic mass is 79.9. The van der Waals surface area contributed by atoms with Crippen LogP contribution in [0.3, 0.4) is 0 Å². The van der Waals surface area contributed by atoms with E-state index in [4.69, 9.17) is 5.11 Å². The molecular weight excluding hydrogens is 356 g/mol. The van der Waals surface area contributed by atoms with Crippen LogP contribution in [0.4, 0.5) is 0 Å². The van der Waals surface area contributed by atoms with Crippen molar-refractivity contribution in [2.24, 2.45) is 5.92 Å². The van der Waals surface area contributed by atoms with Crippen molar-refractivity contribution in [3.63, 3.8) is 0 Å². The van der Waals surface area contributed by atoms with Gasteiger partial charge in [-0.1, -0.05) is 6.07 Å². The van der Waals surface area contributed by atoms with E-state index in [2.05, 4.69) is 32.6 Å². The quantitative estimate of drug-likeness (QED) is 0.817. The second kappa shape index (κ2) is 7.19. The largest absolute Gasteiger partial charge is 0.392 e. The molecule has 1 aliphatic rings. The lowest BCUT2D eigenvalue weighted by Crippen LogP contribution is -2.37. The number of benzene rings is 1. The Labute approximate surface area is 134 Å². The molecule has 1 fully saturated rings. The summed E-state index contributed by atoms with van der Waals surface area (Å²) in [6, 6.07) is 4.84. The molecule has 0 aromatic heterocycles. The minimum Gasteiger partial charge on any atom is -0.392 e. The van der Waals surface area contributed by atoms with Crippen LogP contribution < -0.4 is 4.72 Å². The number of halogens is 1. The number of piperidine rings is 1. The fourth-order valence-electron chi connectivity index (χ4n) is 2.42. The summed E-state index contributed by atoms with van der Waals surface area (Å²) < 4.78 is 28.0. The molecule has 2 N–H and O–H groups in total. The van der Waals surface area contributed by atoms with E-state index in [1.807, 2.05) is 0 Å². The van der Waals surface area contributed by atoms with E-state index in [1.54, 1.807) is 12.1 Å². The zero-order valence-electron chi connectivity index (χ0n) is 12.0. The highest BCUT2D eigenvalue weighted by Crippen LogP contribution is 2.24. The van der Waals surface area contributed by atoms with Crippen molar-refractivity contribution < 1.29 is 13.5 Å². The Morgan fingerprint density at radius 3 is 2.67 bits per heavy atom. The molecule has 0 atom stereocenters. The van der Waals surface area contributed by atoms with E-state index in [9.17, 15) is 8.42 Å². The fourth-order valence-corrected chi connectivity index (χ4v) is 4.55. The minimum absolute atomic E-state index is 0.176. The summed E-state index contributed by atoms with van der Waals surface area (Å²) in [7, 11) is -1.48. The van der Waals surface area contributed by atoms with Gasteiger partial charge in [0.15, 0.2) is 0 Å². The highest BCUT2D eigenvalue weighted by Gasteiger charge is 2.22. The van der Waals surface area contributed by atoms with Crippen LogP contribution in [0, 0.1) is 5.92 Å². The number of likely N-dealkylation sites (tertiary alicyclic amines) is 1. The molecule has 0 saturated carbocycles. The van der Waals surface area contributed by atoms with Crippen molar-refractivity contribution in [2.75, 3.05) is 26.7 Å². The first-order valence-corrected chi connectivity index (χ1v) is 9.27. The summed E-state index contributed by atoms with van der Waals surface area (Å²) in [6.07, 6.45) is 2.02. The van der Waals surface area contributed by atoms with Crippen LogP contribution in [-0.4, -0.2) is 45.1 Å². The highest BCUT2D eigenvalue weighted by molar-refractivity contribution is 9.10. The molecular formula is C14H21BrN2O3S. The van der Waals surface area contributed by atoms with Crippen LogP contribution in [0.25, 0.3) is 0 Å². The predicted molar refractivity (Wildman–Crippen MR) is 85.5 cm³/mol. The third-order valence-electron chi connectivity index (χ3n) is 3.87. The third-order valence-corrected chi connectivity index (χ3v) is 6.29. The molecule has 5 nitrogen and oxygen atoms in total. The van der Waals surface area contributed by atoms with Crippen LogP contribution in [0.2, 0.25) is 0 Å². The lowest BCUT2D eigenvalue weighted by atomic mass is 9.98. The summed E-state index contributed by atoms with van der Waals surface area (Å²) >= 11 is 3.26. The normalized spacial score (nSPS) is 18.0. The second-order valence-corrected chi connectivity index (χ2v) is 8.11. The summed E-state index contributed by atoms with van der Waals surface area (Å²) in [5.41, 5.74) is 0.581. The topological polar surface area (TPSA) is 69.6 Å². The van der Waals surface area contributed by atoms with Crippen molar-refractivity contribution in [1.29, 1.82) is 0 Å². The Bertz CT molecular complexity index is 584. The van der Waals surface area contributed by atoms with Crippen LogP contribution >= 0.6 is 15.9 Å². The minimum atomic E-state index is -3.56. The summed E-state index contributed by atoms with van der Waals surface area (Å²) in [5.74, 6) is 0.385. The molecule has 1 heterocycles. The Kier molecular flexibility index (Phi) is 5.79. The molecule has 0 aliphatic carbocycles. The van der Waals surface area contributed by atoms with E-state index in [-0.39, 0.29) is 11.5 Å². The molecule has 0 radical (unpaired) electrons. The molecule has 0 bridgehead atoms. The molecule has 0 amide bonds. The van der Waals surface area contributed by atoms with Crippen LogP contribution in [-0.2, 0) is 16.6 Å². The number of aliphatic hydroxyl groups excluding tert-OH is 1. The lowest BCUT2D eigenvalue weighted by molar-refractivity contribution is 0.220. The SMILES string of the molecule is CN1CCC(CNS(=O)(=O)c2cc(CO)ccc2Br)CC1. The molecule has 7 heteroatoms. The van der Waals surface area contributed by atoms with Crippen molar-refractivity contribution >= 4 is 26.0 Å². The molecule has 1 aliphatic heterocycles. The summed E-state index contributed by atoms with van der Waals surface area (Å²) in [4.78, 5) is 2.44. The number of rotatable bonds is 5. The van der Waals surface area contributed by atoms with Gasteiger partial charge in [0, 0.05) is 11.0 Å². The predicted octanol–water partition coefficient (Wildman–Crippen LogP) is 1.56. The Morgan fingerprint density at radius 2 is 2.05 bits per heavy atom. The average molecular weight is 377 g/mol. The van der Waals surface area contributed by atoms with Gasteiger partial charge in [-0.2, -0.15) is 0 Å². The molecule has 21 heavy (non-hydrogen) atoms. The number of hydrogen-bond acceptors (Lipinski definition) is 4. The Balaban J connectivity index is 2.05. The van der Waals surface area contributed by atoms with Crippen molar-refractivity contribution in [2.45, 2.75) is 24.3 Å². The van der Waals surface area contributed by atoms with E-state index < -0.39 is 10.0 Å². The monoisotopic (exact) mass is 376 g/mol. The maximum absolute atomic E-state index is 12.4. The molecule has 1 aromatic rings. The zero-order chi connectivity index (χ0) is 15.5. The molecule has 1 aromatic carbocycles. The lowest BCUT2D eigenvalue weighted by Gasteiger charge is -2.28. The van der Waals surface area contributed by atoms with Gasteiger partial charge in [-0.05, 0) is 72.5 Å². The second-order valence-electron chi connectivity index (χ2n) is 5.52. The van der Waals surface area contributed by atoms with Crippen LogP contribution in [0.15, 0.2) is 27.6 Å². The Morgan fingerprint density at radius 1 is 1.38 bits per heavy atom. The fraction of sp³-hybridized carbons (Fsp3) is 0.571. The van der Waals surface area contributed by atoms with Crippen molar-refractivity contribution in [3.05, 3.63) is 28.2 Å². The average Bonchev–Trinajstić information content (AvgIpc) is 2.47. The third kappa shape index (κ3) is 4.50. The molecule has 0 unspecified atom stereocenters. The van der Waals surface area contributed by atoms with Gasteiger partial charge in [0.2, 0.25) is 10.0 Å². The van der Waals surface area contributed by atoms with E-state index in [0.29, 0.717) is 22.5 Å². The maximum atomic E-state index is 12.4. The maximum Gasteiger partial charge on any atom is 0.241 e. The Hall–Kier alpha value is -0.470. The zero-order valence-corrected chi connectivity index (χ0v) is 14.5. The smallest absolute Gasteiger partial charge is 0.241 e. The van der Waals surface area contributed by atoms with Crippen molar-refractivity contribution in [3.8, 4) is 0 Å². The first kappa shape index (κ1) is 16.9.